The number of carbonyl (C=O) groups is 1. The zero-order valence-corrected chi connectivity index (χ0v) is 11.8. The molecule has 82 valence electrons. The number of halogens is 4. The standard InChI is InChI=1S/C10H8Br2ClFO/c1-2-6(11)10(15)5-3-8(13)7(12)4-9(5)14/h3-4,6H,2H2,1H3. The first-order valence-electron chi connectivity index (χ1n) is 4.30. The third kappa shape index (κ3) is 3.02. The van der Waals surface area contributed by atoms with Crippen molar-refractivity contribution in [1.29, 1.82) is 0 Å². The largest absolute Gasteiger partial charge is 0.293 e. The van der Waals surface area contributed by atoms with E-state index in [1.807, 2.05) is 6.92 Å². The summed E-state index contributed by atoms with van der Waals surface area (Å²) in [5.41, 5.74) is 0.0203. The fourth-order valence-electron chi connectivity index (χ4n) is 1.07. The second-order valence-electron chi connectivity index (χ2n) is 2.99. The van der Waals surface area contributed by atoms with Crippen LogP contribution in [0.2, 0.25) is 5.02 Å². The molecule has 0 saturated heterocycles. The quantitative estimate of drug-likeness (QED) is 0.438. The lowest BCUT2D eigenvalue weighted by molar-refractivity contribution is 0.0986. The minimum absolute atomic E-state index is 0.0203. The highest BCUT2D eigenvalue weighted by molar-refractivity contribution is 9.10. The Morgan fingerprint density at radius 2 is 2.20 bits per heavy atom. The van der Waals surface area contributed by atoms with Crippen LogP contribution in [0.25, 0.3) is 0 Å². The number of hydrogen-bond acceptors (Lipinski definition) is 1. The van der Waals surface area contributed by atoms with Gasteiger partial charge in [0.1, 0.15) is 5.82 Å². The van der Waals surface area contributed by atoms with Gasteiger partial charge in [-0.15, -0.1) is 0 Å². The Hall–Kier alpha value is 0.0700. The van der Waals surface area contributed by atoms with Crippen LogP contribution in [0, 0.1) is 5.82 Å². The summed E-state index contributed by atoms with van der Waals surface area (Å²) >= 11 is 12.1. The van der Waals surface area contributed by atoms with E-state index in [1.165, 1.54) is 12.1 Å². The highest BCUT2D eigenvalue weighted by Gasteiger charge is 2.20. The maximum atomic E-state index is 13.4. The molecule has 0 radical (unpaired) electrons. The van der Waals surface area contributed by atoms with E-state index in [9.17, 15) is 9.18 Å². The smallest absolute Gasteiger partial charge is 0.179 e. The first-order valence-corrected chi connectivity index (χ1v) is 6.38. The van der Waals surface area contributed by atoms with E-state index in [0.29, 0.717) is 15.9 Å². The lowest BCUT2D eigenvalue weighted by Crippen LogP contribution is -2.14. The number of Topliss-reactive ketones (excluding diaryl/α,β-unsaturated/α-hetero) is 1. The minimum Gasteiger partial charge on any atom is -0.293 e. The number of rotatable bonds is 3. The molecule has 0 fully saturated rings. The van der Waals surface area contributed by atoms with E-state index >= 15 is 0 Å². The molecule has 0 aromatic heterocycles. The summed E-state index contributed by atoms with van der Waals surface area (Å²) in [5.74, 6) is -0.849. The predicted octanol–water partition coefficient (Wildman–Crippen LogP) is 4.60. The molecule has 0 spiro atoms. The molecule has 1 aromatic rings. The van der Waals surface area contributed by atoms with Gasteiger partial charge in [-0.3, -0.25) is 4.79 Å². The first kappa shape index (κ1) is 13.1. The fraction of sp³-hybridized carbons (Fsp3) is 0.300. The third-order valence-corrected chi connectivity index (χ3v) is 4.18. The summed E-state index contributed by atoms with van der Waals surface area (Å²) in [6, 6.07) is 2.54. The van der Waals surface area contributed by atoms with E-state index in [4.69, 9.17) is 11.6 Å². The van der Waals surface area contributed by atoms with Crippen LogP contribution in [-0.4, -0.2) is 10.6 Å². The van der Waals surface area contributed by atoms with Gasteiger partial charge in [-0.25, -0.2) is 4.39 Å². The molecule has 0 bridgehead atoms. The van der Waals surface area contributed by atoms with Gasteiger partial charge in [0.2, 0.25) is 0 Å². The molecule has 1 rings (SSSR count). The van der Waals surface area contributed by atoms with E-state index in [2.05, 4.69) is 31.9 Å². The van der Waals surface area contributed by atoms with E-state index in [1.54, 1.807) is 0 Å². The summed E-state index contributed by atoms with van der Waals surface area (Å²) in [6.07, 6.45) is 0.603. The van der Waals surface area contributed by atoms with Crippen molar-refractivity contribution in [3.63, 3.8) is 0 Å². The van der Waals surface area contributed by atoms with Gasteiger partial charge in [0.15, 0.2) is 5.78 Å². The van der Waals surface area contributed by atoms with Crippen LogP contribution in [0.4, 0.5) is 4.39 Å². The summed E-state index contributed by atoms with van der Waals surface area (Å²) in [4.78, 5) is 11.3. The molecule has 1 nitrogen and oxygen atoms in total. The Morgan fingerprint density at radius 3 is 2.73 bits per heavy atom. The normalized spacial score (nSPS) is 12.6. The van der Waals surface area contributed by atoms with Crippen LogP contribution >= 0.6 is 43.5 Å². The van der Waals surface area contributed by atoms with Crippen LogP contribution in [0.1, 0.15) is 23.7 Å². The van der Waals surface area contributed by atoms with E-state index in [0.717, 1.165) is 0 Å². The molecule has 1 aromatic carbocycles. The number of ketones is 1. The zero-order valence-electron chi connectivity index (χ0n) is 7.86. The van der Waals surface area contributed by atoms with Gasteiger partial charge in [0, 0.05) is 4.47 Å². The minimum atomic E-state index is -0.561. The summed E-state index contributed by atoms with van der Waals surface area (Å²) in [7, 11) is 0. The van der Waals surface area contributed by atoms with Gasteiger partial charge in [-0.05, 0) is 34.5 Å². The topological polar surface area (TPSA) is 17.1 Å². The lowest BCUT2D eigenvalue weighted by Gasteiger charge is -2.08. The number of hydrogen-bond donors (Lipinski definition) is 0. The Morgan fingerprint density at radius 1 is 1.60 bits per heavy atom. The average Bonchev–Trinajstić information content (AvgIpc) is 2.21. The molecule has 0 heterocycles. The summed E-state index contributed by atoms with van der Waals surface area (Å²) < 4.78 is 13.9. The van der Waals surface area contributed by atoms with Gasteiger partial charge in [0.25, 0.3) is 0 Å². The average molecular weight is 358 g/mol. The zero-order chi connectivity index (χ0) is 11.6. The van der Waals surface area contributed by atoms with Gasteiger partial charge in [-0.1, -0.05) is 34.5 Å². The highest BCUT2D eigenvalue weighted by Crippen LogP contribution is 2.27. The molecular formula is C10H8Br2ClFO. The van der Waals surface area contributed by atoms with Crippen LogP contribution < -0.4 is 0 Å². The number of alkyl halides is 1. The lowest BCUT2D eigenvalue weighted by atomic mass is 10.1. The maximum Gasteiger partial charge on any atom is 0.179 e. The van der Waals surface area contributed by atoms with Crippen molar-refractivity contribution >= 4 is 49.2 Å². The summed E-state index contributed by atoms with van der Waals surface area (Å²) in [6.45, 7) is 1.84. The van der Waals surface area contributed by atoms with Crippen LogP contribution in [0.3, 0.4) is 0 Å². The van der Waals surface area contributed by atoms with Gasteiger partial charge in [-0.2, -0.15) is 0 Å². The molecule has 0 aliphatic carbocycles. The second kappa shape index (κ2) is 5.41. The van der Waals surface area contributed by atoms with Gasteiger partial charge < -0.3 is 0 Å². The molecule has 5 heteroatoms. The molecule has 0 N–H and O–H groups in total. The van der Waals surface area contributed by atoms with E-state index in [-0.39, 0.29) is 16.2 Å². The van der Waals surface area contributed by atoms with E-state index < -0.39 is 5.82 Å². The molecule has 0 amide bonds. The molecule has 0 aliphatic rings. The van der Waals surface area contributed by atoms with Crippen molar-refractivity contribution in [2.75, 3.05) is 0 Å². The number of carbonyl (C=O) groups excluding carboxylic acids is 1. The van der Waals surface area contributed by atoms with Crippen LogP contribution in [-0.2, 0) is 0 Å². The van der Waals surface area contributed by atoms with Crippen molar-refractivity contribution in [3.8, 4) is 0 Å². The van der Waals surface area contributed by atoms with Crippen molar-refractivity contribution in [2.45, 2.75) is 18.2 Å². The molecule has 1 unspecified atom stereocenters. The Balaban J connectivity index is 3.15. The molecular weight excluding hydrogens is 350 g/mol. The monoisotopic (exact) mass is 356 g/mol. The molecule has 0 aliphatic heterocycles. The fourth-order valence-corrected chi connectivity index (χ4v) is 1.79. The maximum absolute atomic E-state index is 13.4. The van der Waals surface area contributed by atoms with Crippen molar-refractivity contribution < 1.29 is 9.18 Å². The Bertz CT molecular complexity index is 395. The van der Waals surface area contributed by atoms with Crippen LogP contribution in [0.15, 0.2) is 16.6 Å². The van der Waals surface area contributed by atoms with Crippen molar-refractivity contribution in [1.82, 2.24) is 0 Å². The van der Waals surface area contributed by atoms with Gasteiger partial charge in [0.05, 0.1) is 15.4 Å². The van der Waals surface area contributed by atoms with Crippen molar-refractivity contribution in [2.24, 2.45) is 0 Å². The van der Waals surface area contributed by atoms with Gasteiger partial charge >= 0.3 is 0 Å². The second-order valence-corrected chi connectivity index (χ2v) is 5.35. The Labute approximate surface area is 109 Å². The Kier molecular flexibility index (Phi) is 4.74. The summed E-state index contributed by atoms with van der Waals surface area (Å²) in [5, 5.41) is 0.329. The van der Waals surface area contributed by atoms with Crippen LogP contribution in [0.5, 0.6) is 0 Å². The SMILES string of the molecule is CCC(Br)C(=O)c1cc(Cl)c(Br)cc1F. The van der Waals surface area contributed by atoms with Crippen molar-refractivity contribution in [3.05, 3.63) is 33.0 Å². The highest BCUT2D eigenvalue weighted by atomic mass is 79.9. The first-order chi connectivity index (χ1) is 6.97. The molecule has 15 heavy (non-hydrogen) atoms. The molecule has 1 atom stereocenters. The third-order valence-electron chi connectivity index (χ3n) is 1.92. The molecule has 0 saturated carbocycles. The number of benzene rings is 1. The predicted molar refractivity (Wildman–Crippen MR) is 66.4 cm³/mol.